The van der Waals surface area contributed by atoms with E-state index in [4.69, 9.17) is 0 Å². The minimum atomic E-state index is -0.354. The van der Waals surface area contributed by atoms with E-state index in [0.717, 1.165) is 42.7 Å². The number of fused-ring (bicyclic) bond motifs is 12. The fourth-order valence-electron chi connectivity index (χ4n) is 19.5. The van der Waals surface area contributed by atoms with Crippen LogP contribution in [0.2, 0.25) is 0 Å². The average Bonchev–Trinajstić information content (AvgIpc) is 1.22. The minimum absolute atomic E-state index is 0.00200. The zero-order chi connectivity index (χ0) is 68.9. The van der Waals surface area contributed by atoms with Crippen molar-refractivity contribution in [3.8, 4) is 11.1 Å². The van der Waals surface area contributed by atoms with Gasteiger partial charge in [0.15, 0.2) is 0 Å². The highest BCUT2D eigenvalue weighted by molar-refractivity contribution is 7.00. The lowest BCUT2D eigenvalue weighted by molar-refractivity contribution is 0.331. The van der Waals surface area contributed by atoms with E-state index in [1.54, 1.807) is 0 Å². The first-order valence-corrected chi connectivity index (χ1v) is 37.1. The van der Waals surface area contributed by atoms with E-state index < -0.39 is 0 Å². The molecule has 0 bridgehead atoms. The number of rotatable bonds is 5. The molecule has 8 aromatic rings. The molecule has 5 aliphatic carbocycles. The predicted octanol–water partition coefficient (Wildman–Crippen LogP) is 23.8. The van der Waals surface area contributed by atoms with Crippen LogP contribution < -0.4 is 31.1 Å². The molecule has 0 amide bonds. The molecule has 0 unspecified atom stereocenters. The van der Waals surface area contributed by atoms with Crippen molar-refractivity contribution in [1.82, 2.24) is 0 Å². The Morgan fingerprint density at radius 2 is 0.740 bits per heavy atom. The summed E-state index contributed by atoms with van der Waals surface area (Å²) in [6.07, 6.45) is 9.29. The van der Waals surface area contributed by atoms with E-state index in [1.165, 1.54) is 160 Å². The van der Waals surface area contributed by atoms with E-state index >= 15 is 0 Å². The zero-order valence-electron chi connectivity index (χ0n) is 63.7. The fourth-order valence-corrected chi connectivity index (χ4v) is 19.5. The Kier molecular flexibility index (Phi) is 13.9. The van der Waals surface area contributed by atoms with E-state index in [-0.39, 0.29) is 66.3 Å². The molecule has 2 heterocycles. The lowest BCUT2D eigenvalue weighted by Crippen LogP contribution is -2.62. The SMILES string of the molecule is Cc1cc2c(cc1N1c3cc(N(c4ccc(C(C)(C)C)cc4)c4ccc(C(C)(C)C)cc4)cc4c3B(c3cc5c(cc3N4c3ccc4c(c3)C(C)(C)CCC4(C)C)C(C)(C)CCC5(C)C)c3ccc4c(c31)C(C)(C)c1cc3c(cc1-4)C(C)(C)CCC3(C)C)C(C)(C)CCC2(C)C. The first kappa shape index (κ1) is 65.2. The quantitative estimate of drug-likeness (QED) is 0.159. The minimum Gasteiger partial charge on any atom is -0.311 e. The third-order valence-corrected chi connectivity index (χ3v) is 26.5. The maximum atomic E-state index is 2.89. The molecule has 0 atom stereocenters. The van der Waals surface area contributed by atoms with Crippen LogP contribution in [0.4, 0.5) is 51.2 Å². The Bertz CT molecular complexity index is 4530. The Labute approximate surface area is 580 Å². The van der Waals surface area contributed by atoms with Crippen molar-refractivity contribution < 1.29 is 0 Å². The van der Waals surface area contributed by atoms with Crippen molar-refractivity contribution in [2.24, 2.45) is 0 Å². The second-order valence-electron chi connectivity index (χ2n) is 39.4. The highest BCUT2D eigenvalue weighted by Gasteiger charge is 2.53. The van der Waals surface area contributed by atoms with Gasteiger partial charge in [-0.05, 0) is 279 Å². The van der Waals surface area contributed by atoms with Crippen molar-refractivity contribution in [1.29, 1.82) is 0 Å². The van der Waals surface area contributed by atoms with Crippen LogP contribution in [0.1, 0.15) is 290 Å². The monoisotopic (exact) mass is 1270 g/mol. The molecule has 2 aliphatic heterocycles. The number of anilines is 9. The summed E-state index contributed by atoms with van der Waals surface area (Å²) in [7, 11) is 0. The van der Waals surface area contributed by atoms with E-state index in [0.29, 0.717) is 0 Å². The Morgan fingerprint density at radius 3 is 1.22 bits per heavy atom. The van der Waals surface area contributed by atoms with Gasteiger partial charge < -0.3 is 14.7 Å². The van der Waals surface area contributed by atoms with Gasteiger partial charge in [-0.3, -0.25) is 0 Å². The maximum Gasteiger partial charge on any atom is 0.252 e. The maximum absolute atomic E-state index is 2.89. The molecule has 8 aromatic carbocycles. The second-order valence-corrected chi connectivity index (χ2v) is 39.4. The number of hydrogen-bond acceptors (Lipinski definition) is 3. The smallest absolute Gasteiger partial charge is 0.252 e. The van der Waals surface area contributed by atoms with E-state index in [1.807, 2.05) is 0 Å². The molecule has 0 saturated heterocycles. The Hall–Kier alpha value is -6.78. The van der Waals surface area contributed by atoms with Crippen LogP contribution in [0.15, 0.2) is 127 Å². The van der Waals surface area contributed by atoms with Gasteiger partial charge in [-0.15, -0.1) is 0 Å². The summed E-state index contributed by atoms with van der Waals surface area (Å²) < 4.78 is 0. The van der Waals surface area contributed by atoms with Gasteiger partial charge in [-0.25, -0.2) is 0 Å². The fraction of sp³-hybridized carbons (Fsp3) is 0.478. The highest BCUT2D eigenvalue weighted by atomic mass is 15.2. The van der Waals surface area contributed by atoms with Gasteiger partial charge in [-0.1, -0.05) is 227 Å². The summed E-state index contributed by atoms with van der Waals surface area (Å²) in [6, 6.07) is 53.7. The second kappa shape index (κ2) is 20.4. The first-order valence-electron chi connectivity index (χ1n) is 37.1. The van der Waals surface area contributed by atoms with Crippen molar-refractivity contribution in [3.63, 3.8) is 0 Å². The topological polar surface area (TPSA) is 9.72 Å². The van der Waals surface area contributed by atoms with Crippen LogP contribution >= 0.6 is 0 Å². The molecule has 0 saturated carbocycles. The summed E-state index contributed by atoms with van der Waals surface area (Å²) >= 11 is 0. The van der Waals surface area contributed by atoms with Gasteiger partial charge in [0, 0.05) is 50.9 Å². The molecule has 3 nitrogen and oxygen atoms in total. The molecule has 4 heteroatoms. The molecule has 0 fully saturated rings. The molecule has 0 aromatic heterocycles. The highest BCUT2D eigenvalue weighted by Crippen LogP contribution is 2.61. The molecule has 0 spiro atoms. The Morgan fingerprint density at radius 1 is 0.333 bits per heavy atom. The zero-order valence-corrected chi connectivity index (χ0v) is 63.7. The van der Waals surface area contributed by atoms with Gasteiger partial charge in [0.1, 0.15) is 0 Å². The summed E-state index contributed by atoms with van der Waals surface area (Å²) in [6.45, 7) is 61.8. The summed E-state index contributed by atoms with van der Waals surface area (Å²) in [4.78, 5) is 8.29. The van der Waals surface area contributed by atoms with Crippen LogP contribution in [0, 0.1) is 6.92 Å². The third kappa shape index (κ3) is 9.65. The number of aryl methyl sites for hydroxylation is 1. The van der Waals surface area contributed by atoms with Crippen LogP contribution in [-0.4, -0.2) is 6.71 Å². The lowest BCUT2D eigenvalue weighted by atomic mass is 9.32. The van der Waals surface area contributed by atoms with Crippen molar-refractivity contribution in [2.45, 2.75) is 284 Å². The van der Waals surface area contributed by atoms with Crippen LogP contribution in [-0.2, 0) is 59.6 Å². The standard InChI is InChI=1S/C92H112BN3/c1-55-46-66-71(90(20,21)44-40-85(66,10)11)53-75(55)96-78-49-61(94(58-30-26-56(27-31-58)82(2,3)4)59-32-28-57(29-33-59)83(5,6)7)48-77-80(78)93(73-37-35-62-63-50-68-69(88(16,17)42-41-87(68,14)15)51-65(63)92(24,25)79(62)81(73)96)74-52-70-72(91(22,23)45-43-89(70,18)19)54-76(74)95(77)60-34-36-64-67(47-60)86(12,13)39-38-84(64,8)9/h26-37,46-54H,38-45H2,1-25H3. The Balaban J connectivity index is 1.13. The first-order chi connectivity index (χ1) is 44.5. The molecule has 498 valence electrons. The van der Waals surface area contributed by atoms with Gasteiger partial charge in [-0.2, -0.15) is 0 Å². The lowest BCUT2D eigenvalue weighted by Gasteiger charge is -2.49. The number of nitrogens with zero attached hydrogens (tertiary/aromatic N) is 3. The number of hydrogen-bond donors (Lipinski definition) is 0. The normalized spacial score (nSPS) is 20.9. The molecular weight excluding hydrogens is 1160 g/mol. The summed E-state index contributed by atoms with van der Waals surface area (Å²) in [5.74, 6) is 0. The van der Waals surface area contributed by atoms with Gasteiger partial charge >= 0.3 is 0 Å². The van der Waals surface area contributed by atoms with Crippen LogP contribution in [0.3, 0.4) is 0 Å². The predicted molar refractivity (Wildman–Crippen MR) is 416 cm³/mol. The molecule has 0 N–H and O–H groups in total. The largest absolute Gasteiger partial charge is 0.311 e. The van der Waals surface area contributed by atoms with Crippen molar-refractivity contribution in [3.05, 3.63) is 200 Å². The summed E-state index contributed by atoms with van der Waals surface area (Å²) in [5, 5.41) is 0. The summed E-state index contributed by atoms with van der Waals surface area (Å²) in [5.41, 5.74) is 37.0. The van der Waals surface area contributed by atoms with Crippen molar-refractivity contribution >= 4 is 74.3 Å². The molecule has 15 rings (SSSR count). The molecular formula is C92H112BN3. The molecule has 0 radical (unpaired) electrons. The molecule has 96 heavy (non-hydrogen) atoms. The van der Waals surface area contributed by atoms with E-state index in [2.05, 4.69) is 315 Å². The van der Waals surface area contributed by atoms with E-state index in [9.17, 15) is 0 Å². The van der Waals surface area contributed by atoms with Crippen molar-refractivity contribution in [2.75, 3.05) is 14.7 Å². The third-order valence-electron chi connectivity index (χ3n) is 26.5. The van der Waals surface area contributed by atoms with Gasteiger partial charge in [0.2, 0.25) is 0 Å². The number of benzene rings is 8. The van der Waals surface area contributed by atoms with Gasteiger partial charge in [0.05, 0.1) is 5.69 Å². The van der Waals surface area contributed by atoms with Gasteiger partial charge in [0.25, 0.3) is 6.71 Å². The van der Waals surface area contributed by atoms with Crippen LogP contribution in [0.25, 0.3) is 11.1 Å². The molecule has 7 aliphatic rings. The average molecular weight is 1270 g/mol. The van der Waals surface area contributed by atoms with Crippen LogP contribution in [0.5, 0.6) is 0 Å².